The summed E-state index contributed by atoms with van der Waals surface area (Å²) in [6.45, 7) is 10.1. The Kier molecular flexibility index (Phi) is 6.11. The molecule has 0 heterocycles. The average molecular weight is 228 g/mol. The minimum absolute atomic E-state index is 0.0358. The van der Waals surface area contributed by atoms with Crippen LogP contribution in [0.5, 0.6) is 0 Å². The first-order valence-corrected chi connectivity index (χ1v) is 5.66. The summed E-state index contributed by atoms with van der Waals surface area (Å²) in [5.74, 6) is 0. The number of amides is 2. The van der Waals surface area contributed by atoms with E-state index in [1.54, 1.807) is 6.20 Å². The molecule has 0 saturated heterocycles. The van der Waals surface area contributed by atoms with Gasteiger partial charge < -0.3 is 15.7 Å². The van der Waals surface area contributed by atoms with Crippen LogP contribution < -0.4 is 10.6 Å². The predicted molar refractivity (Wildman–Crippen MR) is 66.0 cm³/mol. The molecule has 16 heavy (non-hydrogen) atoms. The van der Waals surface area contributed by atoms with Crippen molar-refractivity contribution in [2.45, 2.75) is 47.1 Å². The largest absolute Gasteiger partial charge is 0.394 e. The zero-order valence-corrected chi connectivity index (χ0v) is 10.9. The number of hydrogen-bond acceptors (Lipinski definition) is 2. The fourth-order valence-corrected chi connectivity index (χ4v) is 0.894. The van der Waals surface area contributed by atoms with Crippen molar-refractivity contribution in [1.82, 2.24) is 10.6 Å². The molecule has 0 saturated carbocycles. The number of carbonyl (C=O) groups is 1. The standard InChI is InChI=1S/C12H24N2O2/c1-6-10(8-15)14-11(16)13-7-9(2)12(3,4)5/h7,10,15H,6,8H2,1-5H3,(H2,13,14,16)/b9-7+. The maximum Gasteiger partial charge on any atom is 0.319 e. The maximum atomic E-state index is 11.4. The summed E-state index contributed by atoms with van der Waals surface area (Å²) >= 11 is 0. The van der Waals surface area contributed by atoms with Crippen LogP contribution in [0.3, 0.4) is 0 Å². The minimum Gasteiger partial charge on any atom is -0.394 e. The molecule has 94 valence electrons. The van der Waals surface area contributed by atoms with Crippen molar-refractivity contribution in [3.8, 4) is 0 Å². The summed E-state index contributed by atoms with van der Waals surface area (Å²) in [6, 6.07) is -0.451. The van der Waals surface area contributed by atoms with Crippen LogP contribution in [0.1, 0.15) is 41.0 Å². The van der Waals surface area contributed by atoms with Crippen LogP contribution in [0.2, 0.25) is 0 Å². The lowest BCUT2D eigenvalue weighted by atomic mass is 9.88. The molecule has 0 bridgehead atoms. The molecule has 0 aromatic heterocycles. The second-order valence-corrected chi connectivity index (χ2v) is 4.98. The Hall–Kier alpha value is -1.03. The molecule has 2 amide bonds. The van der Waals surface area contributed by atoms with Gasteiger partial charge in [-0.1, -0.05) is 33.3 Å². The van der Waals surface area contributed by atoms with Gasteiger partial charge in [-0.05, 0) is 18.8 Å². The molecule has 4 heteroatoms. The molecule has 1 unspecified atom stereocenters. The highest BCUT2D eigenvalue weighted by molar-refractivity contribution is 5.75. The number of allylic oxidation sites excluding steroid dienone is 1. The SMILES string of the molecule is CCC(CO)NC(=O)N/C=C(\C)C(C)(C)C. The van der Waals surface area contributed by atoms with Crippen molar-refractivity contribution < 1.29 is 9.90 Å². The third-order valence-corrected chi connectivity index (χ3v) is 2.65. The van der Waals surface area contributed by atoms with E-state index in [1.807, 2.05) is 13.8 Å². The number of aliphatic hydroxyl groups is 1. The second-order valence-electron chi connectivity index (χ2n) is 4.98. The van der Waals surface area contributed by atoms with Gasteiger partial charge in [0.15, 0.2) is 0 Å². The average Bonchev–Trinajstić information content (AvgIpc) is 2.20. The Morgan fingerprint density at radius 1 is 1.44 bits per heavy atom. The molecule has 0 aromatic carbocycles. The van der Waals surface area contributed by atoms with Crippen LogP contribution >= 0.6 is 0 Å². The summed E-state index contributed by atoms with van der Waals surface area (Å²) in [4.78, 5) is 11.4. The Morgan fingerprint density at radius 3 is 2.38 bits per heavy atom. The number of carbonyl (C=O) groups excluding carboxylic acids is 1. The van der Waals surface area contributed by atoms with Crippen molar-refractivity contribution in [1.29, 1.82) is 0 Å². The number of urea groups is 1. The molecule has 0 aliphatic carbocycles. The Bertz CT molecular complexity index is 250. The van der Waals surface area contributed by atoms with Gasteiger partial charge in [-0.2, -0.15) is 0 Å². The first kappa shape index (κ1) is 15.0. The van der Waals surface area contributed by atoms with Crippen LogP contribution in [0.4, 0.5) is 4.79 Å². The maximum absolute atomic E-state index is 11.4. The quantitative estimate of drug-likeness (QED) is 0.689. The van der Waals surface area contributed by atoms with Gasteiger partial charge in [0.05, 0.1) is 12.6 Å². The van der Waals surface area contributed by atoms with Crippen molar-refractivity contribution in [2.24, 2.45) is 5.41 Å². The number of rotatable bonds is 4. The molecule has 0 aliphatic heterocycles. The Balaban J connectivity index is 4.17. The van der Waals surface area contributed by atoms with Crippen LogP contribution in [0, 0.1) is 5.41 Å². The van der Waals surface area contributed by atoms with Crippen LogP contribution in [0.25, 0.3) is 0 Å². The highest BCUT2D eigenvalue weighted by Gasteiger charge is 2.13. The van der Waals surface area contributed by atoms with Crippen LogP contribution in [-0.2, 0) is 0 Å². The van der Waals surface area contributed by atoms with Crippen molar-refractivity contribution in [3.05, 3.63) is 11.8 Å². The van der Waals surface area contributed by atoms with E-state index in [-0.39, 0.29) is 24.1 Å². The smallest absolute Gasteiger partial charge is 0.319 e. The van der Waals surface area contributed by atoms with Crippen molar-refractivity contribution in [3.63, 3.8) is 0 Å². The number of hydrogen-bond donors (Lipinski definition) is 3. The Labute approximate surface area is 98.1 Å². The molecular formula is C12H24N2O2. The summed E-state index contributed by atoms with van der Waals surface area (Å²) in [5.41, 5.74) is 1.15. The number of aliphatic hydroxyl groups excluding tert-OH is 1. The second kappa shape index (κ2) is 6.53. The summed E-state index contributed by atoms with van der Waals surface area (Å²) in [5, 5.41) is 14.3. The zero-order chi connectivity index (χ0) is 12.8. The van der Waals surface area contributed by atoms with Crippen LogP contribution in [-0.4, -0.2) is 23.8 Å². The molecule has 1 atom stereocenters. The minimum atomic E-state index is -0.274. The lowest BCUT2D eigenvalue weighted by molar-refractivity contribution is 0.217. The van der Waals surface area contributed by atoms with Gasteiger partial charge in [0, 0.05) is 6.20 Å². The highest BCUT2D eigenvalue weighted by Crippen LogP contribution is 2.23. The van der Waals surface area contributed by atoms with Gasteiger partial charge >= 0.3 is 6.03 Å². The lowest BCUT2D eigenvalue weighted by Gasteiger charge is -2.20. The molecule has 3 N–H and O–H groups in total. The Morgan fingerprint density at radius 2 is 2.00 bits per heavy atom. The van der Waals surface area contributed by atoms with E-state index in [2.05, 4.69) is 31.4 Å². The van der Waals surface area contributed by atoms with E-state index < -0.39 is 0 Å². The van der Waals surface area contributed by atoms with Crippen molar-refractivity contribution in [2.75, 3.05) is 6.61 Å². The normalized spacial score (nSPS) is 14.5. The number of nitrogens with one attached hydrogen (secondary N) is 2. The molecule has 0 fully saturated rings. The summed E-state index contributed by atoms with van der Waals surface area (Å²) < 4.78 is 0. The van der Waals surface area contributed by atoms with E-state index in [1.165, 1.54) is 0 Å². The monoisotopic (exact) mass is 228 g/mol. The lowest BCUT2D eigenvalue weighted by Crippen LogP contribution is -2.42. The van der Waals surface area contributed by atoms with Gasteiger partial charge in [-0.3, -0.25) is 0 Å². The summed E-state index contributed by atoms with van der Waals surface area (Å²) in [6.07, 6.45) is 2.42. The molecule has 0 aliphatic rings. The first-order valence-electron chi connectivity index (χ1n) is 5.66. The fraction of sp³-hybridized carbons (Fsp3) is 0.750. The van der Waals surface area contributed by atoms with Gasteiger partial charge in [0.2, 0.25) is 0 Å². The first-order chi connectivity index (χ1) is 7.31. The molecule has 0 aromatic rings. The predicted octanol–water partition coefficient (Wildman–Crippen LogP) is 2.01. The van der Waals surface area contributed by atoms with E-state index >= 15 is 0 Å². The van der Waals surface area contributed by atoms with Gasteiger partial charge in [0.25, 0.3) is 0 Å². The molecule has 4 nitrogen and oxygen atoms in total. The van der Waals surface area contributed by atoms with E-state index in [0.717, 1.165) is 5.57 Å². The van der Waals surface area contributed by atoms with E-state index in [9.17, 15) is 4.79 Å². The summed E-state index contributed by atoms with van der Waals surface area (Å²) in [7, 11) is 0. The fourth-order valence-electron chi connectivity index (χ4n) is 0.894. The molecule has 0 rings (SSSR count). The third-order valence-electron chi connectivity index (χ3n) is 2.65. The topological polar surface area (TPSA) is 61.4 Å². The molecule has 0 spiro atoms. The third kappa shape index (κ3) is 5.75. The van der Waals surface area contributed by atoms with Crippen molar-refractivity contribution >= 4 is 6.03 Å². The zero-order valence-electron chi connectivity index (χ0n) is 10.9. The molecule has 0 radical (unpaired) electrons. The van der Waals surface area contributed by atoms with Gasteiger partial charge in [-0.25, -0.2) is 4.79 Å². The van der Waals surface area contributed by atoms with E-state index in [4.69, 9.17) is 5.11 Å². The highest BCUT2D eigenvalue weighted by atomic mass is 16.3. The van der Waals surface area contributed by atoms with Gasteiger partial charge in [-0.15, -0.1) is 0 Å². The van der Waals surface area contributed by atoms with Crippen LogP contribution in [0.15, 0.2) is 11.8 Å². The van der Waals surface area contributed by atoms with Gasteiger partial charge in [0.1, 0.15) is 0 Å². The van der Waals surface area contributed by atoms with E-state index in [0.29, 0.717) is 6.42 Å². The molecular weight excluding hydrogens is 204 g/mol.